The highest BCUT2D eigenvalue weighted by atomic mass is 35.6. The Bertz CT molecular complexity index is 48.0. The van der Waals surface area contributed by atoms with Crippen LogP contribution in [-0.2, 0) is 0 Å². The fraction of sp³-hybridized carbons (Fsp3) is 0. The van der Waals surface area contributed by atoms with Gasteiger partial charge in [0.25, 0.3) is 0 Å². The smallest absolute Gasteiger partial charge is 0.148 e. The quantitative estimate of drug-likeness (QED) is 0.480. The molecule has 0 aliphatic carbocycles. The average Bonchev–Trinajstić information content (AvgIpc) is 1.84. The van der Waals surface area contributed by atoms with E-state index in [0.717, 1.165) is 0 Å². The van der Waals surface area contributed by atoms with Crippen molar-refractivity contribution in [3.63, 3.8) is 0 Å². The van der Waals surface area contributed by atoms with Crippen molar-refractivity contribution in [1.29, 1.82) is 0 Å². The Labute approximate surface area is 74.9 Å². The summed E-state index contributed by atoms with van der Waals surface area (Å²) in [4.78, 5) is 0. The van der Waals surface area contributed by atoms with Crippen molar-refractivity contribution in [1.82, 2.24) is 0 Å². The lowest BCUT2D eigenvalue weighted by Gasteiger charge is -2.02. The minimum absolute atomic E-state index is 0.463. The minimum atomic E-state index is -1.06. The normalized spacial score (nSPS) is 21.0. The Morgan fingerprint density at radius 3 is 1.25 bits per heavy atom. The molecule has 2 atom stereocenters. The molecule has 8 heavy (non-hydrogen) atoms. The van der Waals surface area contributed by atoms with Gasteiger partial charge in [0.1, 0.15) is 31.0 Å². The van der Waals surface area contributed by atoms with Crippen LogP contribution in [0.5, 0.6) is 0 Å². The lowest BCUT2D eigenvalue weighted by molar-refractivity contribution is 3.68. The molecular weight excluding hydrogens is 254 g/mol. The number of halogens is 4. The van der Waals surface area contributed by atoms with E-state index in [4.69, 9.17) is 44.3 Å². The first-order valence-electron chi connectivity index (χ1n) is 2.12. The lowest BCUT2D eigenvalue weighted by Crippen LogP contribution is -2.33. The van der Waals surface area contributed by atoms with Crippen LogP contribution >= 0.6 is 44.3 Å². The van der Waals surface area contributed by atoms with Gasteiger partial charge in [-0.25, -0.2) is 0 Å². The van der Waals surface area contributed by atoms with Crippen molar-refractivity contribution in [2.24, 2.45) is 0 Å². The van der Waals surface area contributed by atoms with Crippen molar-refractivity contribution in [3.8, 4) is 0 Å². The summed E-state index contributed by atoms with van der Waals surface area (Å²) in [6.07, 6.45) is 0. The van der Waals surface area contributed by atoms with E-state index >= 15 is 0 Å². The molecule has 0 aromatic carbocycles. The molecule has 8 heteroatoms. The monoisotopic (exact) mass is 258 g/mol. The van der Waals surface area contributed by atoms with Gasteiger partial charge < -0.3 is 0 Å². The van der Waals surface area contributed by atoms with Crippen molar-refractivity contribution in [3.05, 3.63) is 0 Å². The molecule has 0 nitrogen and oxygen atoms in total. The van der Waals surface area contributed by atoms with Gasteiger partial charge in [-0.3, -0.25) is 0 Å². The molecule has 0 saturated carbocycles. The number of hydrogen-bond donors (Lipinski definition) is 0. The predicted octanol–water partition coefficient (Wildman–Crippen LogP) is -0.371. The summed E-state index contributed by atoms with van der Waals surface area (Å²) in [5, 5.41) is 0. The van der Waals surface area contributed by atoms with Gasteiger partial charge in [0.2, 0.25) is 0 Å². The Hall–Kier alpha value is 2.03. The lowest BCUT2D eigenvalue weighted by atomic mass is 26.4. The summed E-state index contributed by atoms with van der Waals surface area (Å²) in [7, 11) is -3.06. The summed E-state index contributed by atoms with van der Waals surface area (Å²) < 4.78 is 0. The molecule has 2 unspecified atom stereocenters. The maximum Gasteiger partial charge on any atom is 0.148 e. The van der Waals surface area contributed by atoms with Gasteiger partial charge in [0, 0.05) is 0 Å². The van der Waals surface area contributed by atoms with Gasteiger partial charge >= 0.3 is 0 Å². The first-order valence-corrected chi connectivity index (χ1v) is 19.1. The largest absolute Gasteiger partial charge is 0.179 e. The van der Waals surface area contributed by atoms with Gasteiger partial charge in [-0.2, -0.15) is 44.3 Å². The van der Waals surface area contributed by atoms with Crippen LogP contribution in [0, 0.1) is 0 Å². The van der Waals surface area contributed by atoms with Crippen LogP contribution in [0.3, 0.4) is 0 Å². The molecule has 0 aliphatic heterocycles. The van der Waals surface area contributed by atoms with Crippen molar-refractivity contribution >= 4 is 75.3 Å². The van der Waals surface area contributed by atoms with E-state index in [1.54, 1.807) is 0 Å². The highest BCUT2D eigenvalue weighted by molar-refractivity contribution is 7.87. The van der Waals surface area contributed by atoms with Crippen molar-refractivity contribution < 1.29 is 0 Å². The molecule has 0 aromatic rings. The fourth-order valence-corrected chi connectivity index (χ4v) is 47.0. The zero-order valence-electron chi connectivity index (χ0n) is 4.08. The van der Waals surface area contributed by atoms with E-state index < -0.39 is 31.0 Å². The van der Waals surface area contributed by atoms with E-state index in [1.807, 2.05) is 0 Å². The first kappa shape index (κ1) is 10.0. The molecule has 0 rings (SSSR count). The topological polar surface area (TPSA) is 0 Å². The highest BCUT2D eigenvalue weighted by Gasteiger charge is 2.19. The van der Waals surface area contributed by atoms with Crippen molar-refractivity contribution in [2.75, 3.05) is 0 Å². The van der Waals surface area contributed by atoms with E-state index in [-0.39, 0.29) is 0 Å². The van der Waals surface area contributed by atoms with Crippen LogP contribution < -0.4 is 0 Å². The second-order valence-electron chi connectivity index (χ2n) is 1.34. The van der Waals surface area contributed by atoms with Crippen LogP contribution in [0.15, 0.2) is 0 Å². The Kier molecular flexibility index (Phi) is 7.25. The van der Waals surface area contributed by atoms with Gasteiger partial charge in [0.15, 0.2) is 0 Å². The van der Waals surface area contributed by atoms with E-state index in [0.29, 0.717) is 0 Å². The first-order chi connectivity index (χ1) is 3.72. The summed E-state index contributed by atoms with van der Waals surface area (Å²) in [5.74, 6) is 0. The summed E-state index contributed by atoms with van der Waals surface area (Å²) >= 11 is 22.9. The molecule has 0 spiro atoms. The molecule has 0 N–H and O–H groups in total. The third-order valence-corrected chi connectivity index (χ3v) is 55.7. The van der Waals surface area contributed by atoms with Crippen molar-refractivity contribution in [2.45, 2.75) is 0 Å². The summed E-state index contributed by atoms with van der Waals surface area (Å²) in [6.45, 7) is 0. The van der Waals surface area contributed by atoms with Gasteiger partial charge in [0.05, 0.1) is 0 Å². The average molecular weight is 260 g/mol. The van der Waals surface area contributed by atoms with Crippen LogP contribution in [0.4, 0.5) is 0 Å². The molecule has 0 aromatic heterocycles. The fourth-order valence-electron chi connectivity index (χ4n) is 0.193. The molecule has 0 bridgehead atoms. The molecule has 0 fully saturated rings. The SMILES string of the molecule is Cl[SiH2][SiH](Cl)[SiH](Cl)[SiH2]Cl. The van der Waals surface area contributed by atoms with E-state index in [2.05, 4.69) is 0 Å². The molecular formula is H6Cl4Si4. The molecule has 50 valence electrons. The highest BCUT2D eigenvalue weighted by Crippen LogP contribution is 2.00. The van der Waals surface area contributed by atoms with Crippen LogP contribution in [0.25, 0.3) is 0 Å². The zero-order chi connectivity index (χ0) is 6.57. The maximum atomic E-state index is 5.86. The van der Waals surface area contributed by atoms with Crippen LogP contribution in [0.1, 0.15) is 0 Å². The van der Waals surface area contributed by atoms with Crippen LogP contribution in [-0.4, -0.2) is 31.0 Å². The zero-order valence-corrected chi connectivity index (χ0v) is 12.2. The summed E-state index contributed by atoms with van der Waals surface area (Å²) in [5.41, 5.74) is 0. The number of hydrogen-bond acceptors (Lipinski definition) is 0. The minimum Gasteiger partial charge on any atom is -0.179 e. The van der Waals surface area contributed by atoms with Gasteiger partial charge in [-0.05, 0) is 0 Å². The molecule has 0 amide bonds. The standard InChI is InChI=1S/Cl4H6Si4/c1-5-7(3)8(4)6-2/h7-8H,5-6H2. The van der Waals surface area contributed by atoms with E-state index in [9.17, 15) is 0 Å². The summed E-state index contributed by atoms with van der Waals surface area (Å²) in [6, 6.07) is 0. The van der Waals surface area contributed by atoms with Crippen LogP contribution in [0.2, 0.25) is 0 Å². The second-order valence-corrected chi connectivity index (χ2v) is 36.2. The number of rotatable bonds is 3. The van der Waals surface area contributed by atoms with E-state index in [1.165, 1.54) is 0 Å². The molecule has 0 radical (unpaired) electrons. The van der Waals surface area contributed by atoms with Gasteiger partial charge in [-0.1, -0.05) is 0 Å². The molecule has 0 heterocycles. The third kappa shape index (κ3) is 3.94. The Balaban J connectivity index is 3.29. The second kappa shape index (κ2) is 5.79. The molecule has 0 saturated heterocycles. The Morgan fingerprint density at radius 1 is 0.875 bits per heavy atom. The predicted molar refractivity (Wildman–Crippen MR) is 54.8 cm³/mol. The van der Waals surface area contributed by atoms with Gasteiger partial charge in [-0.15, -0.1) is 0 Å². The third-order valence-electron chi connectivity index (χ3n) is 0.687. The molecule has 0 aliphatic rings. The maximum absolute atomic E-state index is 5.86. The Morgan fingerprint density at radius 2 is 1.12 bits per heavy atom.